The Morgan fingerprint density at radius 1 is 0.857 bits per heavy atom. The van der Waals surface area contributed by atoms with Gasteiger partial charge in [-0.15, -0.1) is 0 Å². The number of rotatable bonds is 14. The molecule has 0 aliphatic rings. The predicted octanol–water partition coefficient (Wildman–Crippen LogP) is 5.07. The average Bonchev–Trinajstić information content (AvgIpc) is 2.46. The quantitative estimate of drug-likeness (QED) is 0.332. The van der Waals surface area contributed by atoms with Crippen molar-refractivity contribution in [3.63, 3.8) is 0 Å². The third-order valence-corrected chi connectivity index (χ3v) is 3.81. The van der Waals surface area contributed by atoms with Gasteiger partial charge in [-0.2, -0.15) is 0 Å². The second-order valence-electron chi connectivity index (χ2n) is 6.02. The number of hydrogen-bond acceptors (Lipinski definition) is 3. The summed E-state index contributed by atoms with van der Waals surface area (Å²) >= 11 is 0. The van der Waals surface area contributed by atoms with Gasteiger partial charge in [0.05, 0.1) is 13.0 Å². The molecule has 1 atom stereocenters. The van der Waals surface area contributed by atoms with E-state index in [1.54, 1.807) is 0 Å². The average molecular weight is 298 g/mol. The van der Waals surface area contributed by atoms with Crippen LogP contribution in [0.15, 0.2) is 0 Å². The Morgan fingerprint density at radius 3 is 2.05 bits per heavy atom. The minimum Gasteiger partial charge on any atom is -0.466 e. The zero-order valence-electron chi connectivity index (χ0n) is 14.3. The molecule has 0 fully saturated rings. The Bertz CT molecular complexity index is 274. The molecule has 0 aliphatic heterocycles. The van der Waals surface area contributed by atoms with E-state index in [0.717, 1.165) is 25.7 Å². The molecule has 0 saturated heterocycles. The van der Waals surface area contributed by atoms with E-state index in [1.165, 1.54) is 32.1 Å². The standard InChI is InChI=1S/C18H34O3/c1-4-6-8-10-11-13-17(19)16(3)15-18(20)21-14-12-9-7-5-2/h16H,4-15H2,1-3H3. The van der Waals surface area contributed by atoms with Gasteiger partial charge in [-0.3, -0.25) is 9.59 Å². The zero-order valence-corrected chi connectivity index (χ0v) is 14.3. The number of unbranched alkanes of at least 4 members (excludes halogenated alkanes) is 7. The topological polar surface area (TPSA) is 43.4 Å². The molecular formula is C18H34O3. The van der Waals surface area contributed by atoms with E-state index in [1.807, 2.05) is 6.92 Å². The van der Waals surface area contributed by atoms with Gasteiger partial charge in [0, 0.05) is 12.3 Å². The van der Waals surface area contributed by atoms with Crippen molar-refractivity contribution in [3.05, 3.63) is 0 Å². The highest BCUT2D eigenvalue weighted by Gasteiger charge is 2.17. The highest BCUT2D eigenvalue weighted by atomic mass is 16.5. The summed E-state index contributed by atoms with van der Waals surface area (Å²) in [5, 5.41) is 0. The van der Waals surface area contributed by atoms with E-state index < -0.39 is 0 Å². The molecule has 0 aromatic rings. The van der Waals surface area contributed by atoms with Crippen LogP contribution in [0.2, 0.25) is 0 Å². The fraction of sp³-hybridized carbons (Fsp3) is 0.889. The first-order valence-corrected chi connectivity index (χ1v) is 8.80. The Hall–Kier alpha value is -0.860. The lowest BCUT2D eigenvalue weighted by Crippen LogP contribution is -2.17. The number of Topliss-reactive ketones (excluding diaryl/α,β-unsaturated/α-hetero) is 1. The lowest BCUT2D eigenvalue weighted by atomic mass is 9.97. The molecule has 124 valence electrons. The van der Waals surface area contributed by atoms with Gasteiger partial charge in [-0.05, 0) is 12.8 Å². The molecule has 0 bridgehead atoms. The molecule has 0 spiro atoms. The minimum absolute atomic E-state index is 0.195. The van der Waals surface area contributed by atoms with Crippen LogP contribution in [-0.2, 0) is 14.3 Å². The highest BCUT2D eigenvalue weighted by Crippen LogP contribution is 2.12. The number of esters is 1. The first-order valence-electron chi connectivity index (χ1n) is 8.80. The zero-order chi connectivity index (χ0) is 15.9. The first kappa shape index (κ1) is 20.1. The van der Waals surface area contributed by atoms with Crippen molar-refractivity contribution in [2.24, 2.45) is 5.92 Å². The van der Waals surface area contributed by atoms with E-state index in [9.17, 15) is 9.59 Å². The van der Waals surface area contributed by atoms with E-state index in [-0.39, 0.29) is 24.1 Å². The van der Waals surface area contributed by atoms with E-state index in [0.29, 0.717) is 13.0 Å². The molecule has 0 N–H and O–H groups in total. The maximum Gasteiger partial charge on any atom is 0.306 e. The molecular weight excluding hydrogens is 264 g/mol. The Morgan fingerprint density at radius 2 is 1.43 bits per heavy atom. The van der Waals surface area contributed by atoms with Crippen LogP contribution in [0.1, 0.15) is 91.4 Å². The Kier molecular flexibility index (Phi) is 13.5. The van der Waals surface area contributed by atoms with Crippen molar-refractivity contribution < 1.29 is 14.3 Å². The van der Waals surface area contributed by atoms with E-state index >= 15 is 0 Å². The molecule has 3 heteroatoms. The van der Waals surface area contributed by atoms with Gasteiger partial charge < -0.3 is 4.74 Å². The van der Waals surface area contributed by atoms with Crippen molar-refractivity contribution >= 4 is 11.8 Å². The van der Waals surface area contributed by atoms with Crippen LogP contribution in [0.25, 0.3) is 0 Å². The Labute approximate surface area is 130 Å². The molecule has 0 aromatic heterocycles. The van der Waals surface area contributed by atoms with Crippen molar-refractivity contribution in [1.82, 2.24) is 0 Å². The van der Waals surface area contributed by atoms with Gasteiger partial charge >= 0.3 is 5.97 Å². The molecule has 0 aliphatic carbocycles. The van der Waals surface area contributed by atoms with Gasteiger partial charge in [0.2, 0.25) is 0 Å². The molecule has 0 aromatic carbocycles. The van der Waals surface area contributed by atoms with E-state index in [2.05, 4.69) is 13.8 Å². The smallest absolute Gasteiger partial charge is 0.306 e. The molecule has 0 saturated carbocycles. The van der Waals surface area contributed by atoms with Crippen LogP contribution in [0, 0.1) is 5.92 Å². The number of hydrogen-bond donors (Lipinski definition) is 0. The summed E-state index contributed by atoms with van der Waals surface area (Å²) in [5.41, 5.74) is 0. The van der Waals surface area contributed by atoms with Crippen LogP contribution in [-0.4, -0.2) is 18.4 Å². The lowest BCUT2D eigenvalue weighted by Gasteiger charge is -2.10. The summed E-state index contributed by atoms with van der Waals surface area (Å²) in [4.78, 5) is 23.5. The lowest BCUT2D eigenvalue weighted by molar-refractivity contribution is -0.146. The third kappa shape index (κ3) is 12.6. The third-order valence-electron chi connectivity index (χ3n) is 3.81. The van der Waals surface area contributed by atoms with Gasteiger partial charge in [0.15, 0.2) is 0 Å². The van der Waals surface area contributed by atoms with Crippen molar-refractivity contribution in [2.45, 2.75) is 91.4 Å². The molecule has 0 rings (SSSR count). The van der Waals surface area contributed by atoms with Gasteiger partial charge in [-0.25, -0.2) is 0 Å². The van der Waals surface area contributed by atoms with E-state index in [4.69, 9.17) is 4.74 Å². The molecule has 1 unspecified atom stereocenters. The molecule has 21 heavy (non-hydrogen) atoms. The number of carbonyl (C=O) groups excluding carboxylic acids is 2. The van der Waals surface area contributed by atoms with Crippen LogP contribution >= 0.6 is 0 Å². The summed E-state index contributed by atoms with van der Waals surface area (Å²) in [6.45, 7) is 6.67. The monoisotopic (exact) mass is 298 g/mol. The molecule has 0 heterocycles. The fourth-order valence-electron chi connectivity index (χ4n) is 2.29. The summed E-state index contributed by atoms with van der Waals surface area (Å²) < 4.78 is 5.18. The maximum atomic E-state index is 11.9. The number of carbonyl (C=O) groups is 2. The van der Waals surface area contributed by atoms with Crippen molar-refractivity contribution in [1.29, 1.82) is 0 Å². The molecule has 3 nitrogen and oxygen atoms in total. The van der Waals surface area contributed by atoms with Crippen molar-refractivity contribution in [3.8, 4) is 0 Å². The first-order chi connectivity index (χ1) is 10.1. The SMILES string of the molecule is CCCCCCCC(=O)C(C)CC(=O)OCCCCCC. The van der Waals surface area contributed by atoms with Gasteiger partial charge in [-0.1, -0.05) is 65.7 Å². The second kappa shape index (κ2) is 14.1. The maximum absolute atomic E-state index is 11.9. The number of ether oxygens (including phenoxy) is 1. The second-order valence-corrected chi connectivity index (χ2v) is 6.02. The van der Waals surface area contributed by atoms with Crippen LogP contribution in [0.5, 0.6) is 0 Å². The van der Waals surface area contributed by atoms with Crippen LogP contribution < -0.4 is 0 Å². The summed E-state index contributed by atoms with van der Waals surface area (Å²) in [7, 11) is 0. The minimum atomic E-state index is -0.224. The summed E-state index contributed by atoms with van der Waals surface area (Å²) in [6, 6.07) is 0. The van der Waals surface area contributed by atoms with Crippen molar-refractivity contribution in [2.75, 3.05) is 6.61 Å². The molecule has 0 radical (unpaired) electrons. The number of ketones is 1. The van der Waals surface area contributed by atoms with Crippen LogP contribution in [0.4, 0.5) is 0 Å². The van der Waals surface area contributed by atoms with Crippen LogP contribution in [0.3, 0.4) is 0 Å². The fourth-order valence-corrected chi connectivity index (χ4v) is 2.29. The Balaban J connectivity index is 3.62. The summed E-state index contributed by atoms with van der Waals surface area (Å²) in [6.07, 6.45) is 11.0. The van der Waals surface area contributed by atoms with Gasteiger partial charge in [0.1, 0.15) is 5.78 Å². The molecule has 0 amide bonds. The summed E-state index contributed by atoms with van der Waals surface area (Å²) in [5.74, 6) is -0.216. The highest BCUT2D eigenvalue weighted by molar-refractivity contribution is 5.84. The van der Waals surface area contributed by atoms with Gasteiger partial charge in [0.25, 0.3) is 0 Å². The largest absolute Gasteiger partial charge is 0.466 e. The normalized spacial score (nSPS) is 12.1. The predicted molar refractivity (Wildman–Crippen MR) is 87.3 cm³/mol.